The highest BCUT2D eigenvalue weighted by molar-refractivity contribution is 6.42. The Morgan fingerprint density at radius 1 is 0.762 bits per heavy atom. The molecule has 0 aliphatic heterocycles. The van der Waals surface area contributed by atoms with Crippen LogP contribution in [0, 0.1) is 0 Å². The lowest BCUT2D eigenvalue weighted by Gasteiger charge is -2.07. The van der Waals surface area contributed by atoms with Gasteiger partial charge in [-0.25, -0.2) is 0 Å². The second-order valence-electron chi connectivity index (χ2n) is 4.67. The Kier molecular flexibility index (Phi) is 4.93. The van der Waals surface area contributed by atoms with Gasteiger partial charge in [-0.05, 0) is 23.3 Å². The molecule has 0 atom stereocenters. The van der Waals surface area contributed by atoms with Crippen LogP contribution in [-0.4, -0.2) is 21.8 Å². The van der Waals surface area contributed by atoms with Crippen LogP contribution in [-0.2, 0) is 12.8 Å². The molecule has 21 heavy (non-hydrogen) atoms. The molecule has 0 amide bonds. The maximum Gasteiger partial charge on any atom is 0.109 e. The number of nitrogens with two attached hydrogens (primary N) is 1. The summed E-state index contributed by atoms with van der Waals surface area (Å²) in [6.07, 6.45) is 0.759. The number of nitrogen functional groups attached to an aromatic ring is 1. The zero-order valence-corrected chi connectivity index (χ0v) is 11.5. The molecule has 108 valence electrons. The summed E-state index contributed by atoms with van der Waals surface area (Å²) in [4.78, 5) is 0. The van der Waals surface area contributed by atoms with Crippen molar-refractivity contribution < 1.29 is 10.4 Å². The van der Waals surface area contributed by atoms with E-state index in [0.717, 1.165) is 11.1 Å². The van der Waals surface area contributed by atoms with Gasteiger partial charge in [0.1, 0.15) is 11.4 Å². The van der Waals surface area contributed by atoms with E-state index < -0.39 is 0 Å². The second kappa shape index (κ2) is 7.09. The fraction of sp³-hybridized carbons (Fsp3) is 0.125. The third-order valence-electron chi connectivity index (χ3n) is 3.14. The number of benzene rings is 2. The number of nitrogens with zero attached hydrogens (tertiary/aromatic N) is 2. The summed E-state index contributed by atoms with van der Waals surface area (Å²) in [6, 6.07) is 16.8. The predicted octanol–water partition coefficient (Wildman–Crippen LogP) is 2.71. The van der Waals surface area contributed by atoms with Gasteiger partial charge in [-0.15, -0.1) is 0 Å². The monoisotopic (exact) mass is 283 g/mol. The quantitative estimate of drug-likeness (QED) is 0.341. The maximum atomic E-state index is 9.19. The lowest BCUT2D eigenvalue weighted by atomic mass is 10.00. The topological polar surface area (TPSA) is 91.2 Å². The maximum absolute atomic E-state index is 9.19. The molecule has 5 heteroatoms. The Labute approximate surface area is 123 Å². The first-order chi connectivity index (χ1) is 10.2. The van der Waals surface area contributed by atoms with Crippen molar-refractivity contribution in [3.05, 3.63) is 65.7 Å². The van der Waals surface area contributed by atoms with Crippen LogP contribution in [0.5, 0.6) is 0 Å². The smallest absolute Gasteiger partial charge is 0.109 e. The summed E-state index contributed by atoms with van der Waals surface area (Å²) in [6.45, 7) is 0. The second-order valence-corrected chi connectivity index (χ2v) is 4.67. The molecule has 2 aromatic carbocycles. The molecule has 2 rings (SSSR count). The molecule has 0 fully saturated rings. The average Bonchev–Trinajstić information content (AvgIpc) is 2.53. The number of rotatable bonds is 5. The highest BCUT2D eigenvalue weighted by Gasteiger charge is 2.12. The first kappa shape index (κ1) is 14.6. The van der Waals surface area contributed by atoms with Crippen molar-refractivity contribution in [2.45, 2.75) is 12.8 Å². The molecule has 4 N–H and O–H groups in total. The number of anilines is 1. The Balaban J connectivity index is 2.13. The van der Waals surface area contributed by atoms with Gasteiger partial charge in [0.15, 0.2) is 0 Å². The summed E-state index contributed by atoms with van der Waals surface area (Å²) in [5, 5.41) is 24.9. The van der Waals surface area contributed by atoms with Crippen LogP contribution in [0.15, 0.2) is 64.9 Å². The standard InChI is InChI=1S/C16H17N3O2/c17-14-8-6-13(7-9-14)11-16(19-21)15(18-20)10-12-4-2-1-3-5-12/h1-9,20-21H,10-11,17H2. The van der Waals surface area contributed by atoms with E-state index in [-0.39, 0.29) is 0 Å². The van der Waals surface area contributed by atoms with Gasteiger partial charge in [0.05, 0.1) is 0 Å². The molecule has 0 aromatic heterocycles. The van der Waals surface area contributed by atoms with Gasteiger partial charge in [-0.2, -0.15) is 0 Å². The van der Waals surface area contributed by atoms with Crippen molar-refractivity contribution in [3.8, 4) is 0 Å². The minimum Gasteiger partial charge on any atom is -0.411 e. The highest BCUT2D eigenvalue weighted by Crippen LogP contribution is 2.09. The largest absolute Gasteiger partial charge is 0.411 e. The summed E-state index contributed by atoms with van der Waals surface area (Å²) >= 11 is 0. The molecular weight excluding hydrogens is 266 g/mol. The fourth-order valence-corrected chi connectivity index (χ4v) is 2.01. The first-order valence-corrected chi connectivity index (χ1v) is 6.53. The Hall–Kier alpha value is -2.82. The Bertz CT molecular complexity index is 634. The van der Waals surface area contributed by atoms with Crippen molar-refractivity contribution in [3.63, 3.8) is 0 Å². The molecule has 0 saturated carbocycles. The Morgan fingerprint density at radius 2 is 1.24 bits per heavy atom. The molecule has 0 unspecified atom stereocenters. The van der Waals surface area contributed by atoms with E-state index in [1.54, 1.807) is 12.1 Å². The van der Waals surface area contributed by atoms with E-state index in [0.29, 0.717) is 30.0 Å². The molecule has 0 aliphatic carbocycles. The molecule has 0 radical (unpaired) electrons. The normalized spacial score (nSPS) is 12.4. The first-order valence-electron chi connectivity index (χ1n) is 6.53. The summed E-state index contributed by atoms with van der Waals surface area (Å²) in [7, 11) is 0. The number of oxime groups is 2. The van der Waals surface area contributed by atoms with Crippen LogP contribution >= 0.6 is 0 Å². The van der Waals surface area contributed by atoms with Crippen molar-refractivity contribution >= 4 is 17.1 Å². The van der Waals surface area contributed by atoms with E-state index in [9.17, 15) is 10.4 Å². The molecule has 0 saturated heterocycles. The van der Waals surface area contributed by atoms with Crippen molar-refractivity contribution in [2.24, 2.45) is 10.3 Å². The molecule has 0 aliphatic rings. The predicted molar refractivity (Wildman–Crippen MR) is 83.1 cm³/mol. The average molecular weight is 283 g/mol. The van der Waals surface area contributed by atoms with E-state index in [1.807, 2.05) is 42.5 Å². The van der Waals surface area contributed by atoms with Gasteiger partial charge >= 0.3 is 0 Å². The van der Waals surface area contributed by atoms with Crippen LogP contribution in [0.3, 0.4) is 0 Å². The van der Waals surface area contributed by atoms with Crippen LogP contribution in [0.25, 0.3) is 0 Å². The molecule has 0 heterocycles. The Morgan fingerprint density at radius 3 is 1.71 bits per heavy atom. The summed E-state index contributed by atoms with van der Waals surface area (Å²) in [5.74, 6) is 0. The third kappa shape index (κ3) is 4.07. The molecule has 0 bridgehead atoms. The zero-order chi connectivity index (χ0) is 15.1. The van der Waals surface area contributed by atoms with Gasteiger partial charge in [-0.3, -0.25) is 0 Å². The minimum atomic E-state index is 0.325. The lowest BCUT2D eigenvalue weighted by Crippen LogP contribution is -2.20. The van der Waals surface area contributed by atoms with Crippen molar-refractivity contribution in [1.82, 2.24) is 0 Å². The van der Waals surface area contributed by atoms with Crippen LogP contribution in [0.1, 0.15) is 11.1 Å². The van der Waals surface area contributed by atoms with E-state index in [1.165, 1.54) is 0 Å². The number of hydrogen-bond donors (Lipinski definition) is 3. The molecule has 2 aromatic rings. The van der Waals surface area contributed by atoms with Gasteiger partial charge < -0.3 is 16.1 Å². The van der Waals surface area contributed by atoms with Crippen LogP contribution in [0.4, 0.5) is 5.69 Å². The molecular formula is C16H17N3O2. The fourth-order valence-electron chi connectivity index (χ4n) is 2.01. The van der Waals surface area contributed by atoms with Gasteiger partial charge in [0.25, 0.3) is 0 Å². The van der Waals surface area contributed by atoms with Gasteiger partial charge in [0, 0.05) is 18.5 Å². The number of hydrogen-bond acceptors (Lipinski definition) is 5. The van der Waals surface area contributed by atoms with Gasteiger partial charge in [0.2, 0.25) is 0 Å². The zero-order valence-electron chi connectivity index (χ0n) is 11.5. The van der Waals surface area contributed by atoms with Crippen molar-refractivity contribution in [1.29, 1.82) is 0 Å². The third-order valence-corrected chi connectivity index (χ3v) is 3.14. The lowest BCUT2D eigenvalue weighted by molar-refractivity contribution is 0.313. The van der Waals surface area contributed by atoms with Crippen LogP contribution in [0.2, 0.25) is 0 Å². The van der Waals surface area contributed by atoms with Crippen LogP contribution < -0.4 is 5.73 Å². The van der Waals surface area contributed by atoms with Crippen molar-refractivity contribution in [2.75, 3.05) is 5.73 Å². The van der Waals surface area contributed by atoms with E-state index in [4.69, 9.17) is 5.73 Å². The van der Waals surface area contributed by atoms with E-state index >= 15 is 0 Å². The minimum absolute atomic E-state index is 0.325. The summed E-state index contributed by atoms with van der Waals surface area (Å²) in [5.41, 5.74) is 8.86. The highest BCUT2D eigenvalue weighted by atomic mass is 16.4. The SMILES string of the molecule is Nc1ccc(CC(=NO)C(Cc2ccccc2)=NO)cc1. The van der Waals surface area contributed by atoms with Gasteiger partial charge in [-0.1, -0.05) is 52.8 Å². The van der Waals surface area contributed by atoms with E-state index in [2.05, 4.69) is 10.3 Å². The molecule has 0 spiro atoms. The molecule has 5 nitrogen and oxygen atoms in total. The summed E-state index contributed by atoms with van der Waals surface area (Å²) < 4.78 is 0.